The van der Waals surface area contributed by atoms with Crippen LogP contribution in [0.1, 0.15) is 37.7 Å². The van der Waals surface area contributed by atoms with Crippen LogP contribution in [0, 0.1) is 5.41 Å². The molecule has 3 aromatic heterocycles. The molecule has 2 aliphatic rings. The summed E-state index contributed by atoms with van der Waals surface area (Å²) < 4.78 is 4.41. The summed E-state index contributed by atoms with van der Waals surface area (Å²) in [7, 11) is 0. The van der Waals surface area contributed by atoms with E-state index in [4.69, 9.17) is 0 Å². The van der Waals surface area contributed by atoms with E-state index in [0.29, 0.717) is 11.5 Å². The van der Waals surface area contributed by atoms with E-state index < -0.39 is 0 Å². The number of halogens is 1. The number of imidazole rings is 2. The number of piperidine rings is 1. The van der Waals surface area contributed by atoms with Crippen molar-refractivity contribution in [3.05, 3.63) is 48.7 Å². The molecule has 3 aromatic rings. The summed E-state index contributed by atoms with van der Waals surface area (Å²) in [5.74, 6) is 1.16. The van der Waals surface area contributed by atoms with Crippen LogP contribution >= 0.6 is 12.4 Å². The molecule has 2 fully saturated rings. The van der Waals surface area contributed by atoms with Crippen LogP contribution in [0.5, 0.6) is 0 Å². The molecule has 4 heterocycles. The highest BCUT2D eigenvalue weighted by Crippen LogP contribution is 2.56. The first kappa shape index (κ1) is 19.4. The molecule has 1 spiro atoms. The normalized spacial score (nSPS) is 20.6. The summed E-state index contributed by atoms with van der Waals surface area (Å²) in [5, 5.41) is 3.52. The smallest absolute Gasteiger partial charge is 0.155 e. The highest BCUT2D eigenvalue weighted by atomic mass is 35.5. The maximum atomic E-state index is 4.64. The third kappa shape index (κ3) is 3.43. The Morgan fingerprint density at radius 3 is 2.82 bits per heavy atom. The summed E-state index contributed by atoms with van der Waals surface area (Å²) in [6, 6.07) is 0.633. The van der Waals surface area contributed by atoms with Crippen LogP contribution in [0.4, 0.5) is 0 Å². The molecule has 1 saturated carbocycles. The molecule has 28 heavy (non-hydrogen) atoms. The Hall–Kier alpha value is -1.96. The number of hydrogen-bond acceptors (Lipinski definition) is 5. The average molecular weight is 402 g/mol. The molecule has 1 unspecified atom stereocenters. The minimum atomic E-state index is 0. The summed E-state index contributed by atoms with van der Waals surface area (Å²) in [5.41, 5.74) is 2.63. The van der Waals surface area contributed by atoms with Gasteiger partial charge in [0.1, 0.15) is 5.82 Å². The molecule has 1 saturated heterocycles. The first-order chi connectivity index (χ1) is 13.3. The Morgan fingerprint density at radius 1 is 1.14 bits per heavy atom. The molecule has 1 atom stereocenters. The van der Waals surface area contributed by atoms with Crippen LogP contribution in [0.3, 0.4) is 0 Å². The minimum Gasteiger partial charge on any atom is -0.334 e. The molecule has 0 radical (unpaired) electrons. The van der Waals surface area contributed by atoms with Gasteiger partial charge in [-0.25, -0.2) is 9.97 Å². The van der Waals surface area contributed by atoms with Gasteiger partial charge in [-0.05, 0) is 44.7 Å². The fourth-order valence-corrected chi connectivity index (χ4v) is 4.76. The van der Waals surface area contributed by atoms with Crippen molar-refractivity contribution in [1.82, 2.24) is 34.1 Å². The molecule has 1 N–H and O–H groups in total. The average Bonchev–Trinajstić information content (AvgIpc) is 3.06. The zero-order valence-corrected chi connectivity index (χ0v) is 17.1. The minimum absolute atomic E-state index is 0. The lowest BCUT2D eigenvalue weighted by atomic mass is 9.93. The molecular formula is C20H28ClN7. The van der Waals surface area contributed by atoms with Gasteiger partial charge in [0.2, 0.25) is 0 Å². The highest BCUT2D eigenvalue weighted by Gasteiger charge is 2.56. The largest absolute Gasteiger partial charge is 0.334 e. The number of hydrogen-bond donors (Lipinski definition) is 1. The van der Waals surface area contributed by atoms with Gasteiger partial charge in [0.25, 0.3) is 0 Å². The standard InChI is InChI=1S/C20H27N7.ClH/c1-2-25-9-8-23-19(25)15-26(17-11-20(17)3-5-21-6-4-20)14-16-12-24-18-13-22-7-10-27(16)18;/h7-10,12-13,17,21H,2-6,11,14-15H2,1H3;1H. The lowest BCUT2D eigenvalue weighted by Gasteiger charge is -2.29. The zero-order valence-electron chi connectivity index (χ0n) is 16.3. The second-order valence-corrected chi connectivity index (χ2v) is 7.92. The Labute approximate surface area is 171 Å². The van der Waals surface area contributed by atoms with Crippen molar-refractivity contribution in [2.45, 2.75) is 51.9 Å². The van der Waals surface area contributed by atoms with Gasteiger partial charge < -0.3 is 9.88 Å². The van der Waals surface area contributed by atoms with E-state index in [2.05, 4.69) is 47.3 Å². The second kappa shape index (κ2) is 7.81. The molecular weight excluding hydrogens is 374 g/mol. The summed E-state index contributed by atoms with van der Waals surface area (Å²) in [6.07, 6.45) is 15.5. The van der Waals surface area contributed by atoms with Gasteiger partial charge >= 0.3 is 0 Å². The molecule has 0 bridgehead atoms. The maximum absolute atomic E-state index is 4.64. The van der Waals surface area contributed by atoms with Crippen LogP contribution in [0.25, 0.3) is 5.65 Å². The number of aromatic nitrogens is 5. The second-order valence-electron chi connectivity index (χ2n) is 7.92. The van der Waals surface area contributed by atoms with Gasteiger partial charge in [0.05, 0.1) is 24.6 Å². The van der Waals surface area contributed by atoms with E-state index in [1.165, 1.54) is 25.0 Å². The van der Waals surface area contributed by atoms with Gasteiger partial charge in [-0.3, -0.25) is 14.3 Å². The van der Waals surface area contributed by atoms with E-state index in [-0.39, 0.29) is 12.4 Å². The van der Waals surface area contributed by atoms with Gasteiger partial charge in [0.15, 0.2) is 5.65 Å². The van der Waals surface area contributed by atoms with Crippen molar-refractivity contribution in [3.8, 4) is 0 Å². The molecule has 1 aliphatic carbocycles. The highest BCUT2D eigenvalue weighted by molar-refractivity contribution is 5.85. The topological polar surface area (TPSA) is 63.3 Å². The quantitative estimate of drug-likeness (QED) is 0.687. The van der Waals surface area contributed by atoms with E-state index in [1.807, 2.05) is 31.0 Å². The Morgan fingerprint density at radius 2 is 2.00 bits per heavy atom. The lowest BCUT2D eigenvalue weighted by Crippen LogP contribution is -2.36. The molecule has 1 aliphatic heterocycles. The Kier molecular flexibility index (Phi) is 5.40. The molecule has 150 valence electrons. The first-order valence-electron chi connectivity index (χ1n) is 10.00. The predicted molar refractivity (Wildman–Crippen MR) is 110 cm³/mol. The fraction of sp³-hybridized carbons (Fsp3) is 0.550. The number of nitrogens with zero attached hydrogens (tertiary/aromatic N) is 6. The van der Waals surface area contributed by atoms with E-state index in [9.17, 15) is 0 Å². The molecule has 0 aromatic carbocycles. The third-order valence-electron chi connectivity index (χ3n) is 6.43. The Balaban J connectivity index is 0.00000192. The predicted octanol–water partition coefficient (Wildman–Crippen LogP) is 2.51. The molecule has 7 nitrogen and oxygen atoms in total. The summed E-state index contributed by atoms with van der Waals surface area (Å²) in [6.45, 7) is 7.22. The van der Waals surface area contributed by atoms with Crippen LogP contribution in [-0.4, -0.2) is 48.0 Å². The van der Waals surface area contributed by atoms with Gasteiger partial charge in [-0.2, -0.15) is 0 Å². The summed E-state index contributed by atoms with van der Waals surface area (Å²) >= 11 is 0. The lowest BCUT2D eigenvalue weighted by molar-refractivity contribution is 0.180. The van der Waals surface area contributed by atoms with Gasteiger partial charge in [-0.15, -0.1) is 12.4 Å². The van der Waals surface area contributed by atoms with E-state index in [1.54, 1.807) is 0 Å². The number of nitrogens with one attached hydrogen (secondary N) is 1. The van der Waals surface area contributed by atoms with Gasteiger partial charge in [-0.1, -0.05) is 0 Å². The van der Waals surface area contributed by atoms with Crippen molar-refractivity contribution in [1.29, 1.82) is 0 Å². The van der Waals surface area contributed by atoms with Crippen LogP contribution in [-0.2, 0) is 19.6 Å². The molecule has 5 rings (SSSR count). The van der Waals surface area contributed by atoms with Crippen molar-refractivity contribution >= 4 is 18.1 Å². The van der Waals surface area contributed by atoms with Crippen molar-refractivity contribution in [2.24, 2.45) is 5.41 Å². The third-order valence-corrected chi connectivity index (χ3v) is 6.43. The summed E-state index contributed by atoms with van der Waals surface area (Å²) in [4.78, 5) is 16.0. The van der Waals surface area contributed by atoms with Gasteiger partial charge in [0, 0.05) is 43.9 Å². The van der Waals surface area contributed by atoms with Crippen LogP contribution in [0.15, 0.2) is 37.2 Å². The Bertz CT molecular complexity index is 927. The first-order valence-corrected chi connectivity index (χ1v) is 10.00. The monoisotopic (exact) mass is 401 g/mol. The van der Waals surface area contributed by atoms with Crippen LogP contribution < -0.4 is 5.32 Å². The zero-order chi connectivity index (χ0) is 18.3. The van der Waals surface area contributed by atoms with E-state index >= 15 is 0 Å². The number of fused-ring (bicyclic) bond motifs is 1. The van der Waals surface area contributed by atoms with Crippen molar-refractivity contribution in [2.75, 3.05) is 13.1 Å². The number of rotatable bonds is 6. The maximum Gasteiger partial charge on any atom is 0.155 e. The van der Waals surface area contributed by atoms with Crippen LogP contribution in [0.2, 0.25) is 0 Å². The van der Waals surface area contributed by atoms with E-state index in [0.717, 1.165) is 44.2 Å². The molecule has 0 amide bonds. The number of aryl methyl sites for hydroxylation is 1. The van der Waals surface area contributed by atoms with Crippen molar-refractivity contribution < 1.29 is 0 Å². The fourth-order valence-electron chi connectivity index (χ4n) is 4.76. The SMILES string of the molecule is CCn1ccnc1CN(Cc1cnc2cnccn12)C1CC12CCNCC2.Cl. The molecule has 8 heteroatoms. The van der Waals surface area contributed by atoms with Crippen molar-refractivity contribution in [3.63, 3.8) is 0 Å².